The molecule has 8 heteroatoms. The van der Waals surface area contributed by atoms with E-state index in [1.165, 1.54) is 11.8 Å². The van der Waals surface area contributed by atoms with Crippen molar-refractivity contribution >= 4 is 29.1 Å². The van der Waals surface area contributed by atoms with Crippen LogP contribution in [0, 0.1) is 0 Å². The fourth-order valence-electron chi connectivity index (χ4n) is 2.99. The Hall–Kier alpha value is -3.39. The fourth-order valence-corrected chi connectivity index (χ4v) is 4.13. The van der Waals surface area contributed by atoms with E-state index >= 15 is 0 Å². The van der Waals surface area contributed by atoms with Crippen LogP contribution in [0.3, 0.4) is 0 Å². The maximum absolute atomic E-state index is 13.1. The third-order valence-corrected chi connectivity index (χ3v) is 5.69. The summed E-state index contributed by atoms with van der Waals surface area (Å²) in [6.07, 6.45) is 7.20. The zero-order valence-electron chi connectivity index (χ0n) is 16.3. The first-order valence-electron chi connectivity index (χ1n) is 9.37. The lowest BCUT2D eigenvalue weighted by Gasteiger charge is -2.14. The molecule has 1 fully saturated rings. The molecule has 0 N–H and O–H groups in total. The van der Waals surface area contributed by atoms with Gasteiger partial charge in [0.15, 0.2) is 5.17 Å². The summed E-state index contributed by atoms with van der Waals surface area (Å²) in [4.78, 5) is 18.8. The Kier molecular flexibility index (Phi) is 6.24. The van der Waals surface area contributed by atoms with Crippen molar-refractivity contribution in [2.24, 2.45) is 10.2 Å². The van der Waals surface area contributed by atoms with Crippen molar-refractivity contribution in [3.8, 4) is 5.75 Å². The highest BCUT2D eigenvalue weighted by atomic mass is 32.2. The third-order valence-electron chi connectivity index (χ3n) is 4.53. The number of furan rings is 1. The van der Waals surface area contributed by atoms with Gasteiger partial charge in [0, 0.05) is 18.0 Å². The van der Waals surface area contributed by atoms with Crippen molar-refractivity contribution in [2.45, 2.75) is 18.2 Å². The van der Waals surface area contributed by atoms with E-state index in [1.807, 2.05) is 42.5 Å². The van der Waals surface area contributed by atoms with Crippen molar-refractivity contribution in [3.05, 3.63) is 84.1 Å². The molecule has 1 aliphatic rings. The molecule has 0 unspecified atom stereocenters. The number of carbonyl (C=O) groups is 1. The third kappa shape index (κ3) is 4.77. The van der Waals surface area contributed by atoms with E-state index in [1.54, 1.807) is 42.9 Å². The summed E-state index contributed by atoms with van der Waals surface area (Å²) in [6.45, 7) is 0.319. The molecular weight excluding hydrogens is 400 g/mol. The summed E-state index contributed by atoms with van der Waals surface area (Å²) >= 11 is 1.41. The maximum atomic E-state index is 13.1. The Balaban J connectivity index is 1.53. The molecule has 1 atom stereocenters. The Morgan fingerprint density at radius 1 is 1.23 bits per heavy atom. The number of methoxy groups -OCH3 is 1. The lowest BCUT2D eigenvalue weighted by atomic mass is 10.1. The fraction of sp³-hybridized carbons (Fsp3) is 0.182. The number of aromatic nitrogens is 1. The zero-order valence-corrected chi connectivity index (χ0v) is 17.2. The number of rotatable bonds is 7. The van der Waals surface area contributed by atoms with Crippen LogP contribution in [0.2, 0.25) is 0 Å². The first-order valence-corrected chi connectivity index (χ1v) is 10.3. The number of hydrogen-bond donors (Lipinski definition) is 0. The van der Waals surface area contributed by atoms with Crippen molar-refractivity contribution in [1.29, 1.82) is 0 Å². The van der Waals surface area contributed by atoms with Crippen LogP contribution in [0.5, 0.6) is 5.75 Å². The summed E-state index contributed by atoms with van der Waals surface area (Å²) in [5, 5.41) is 8.75. The van der Waals surface area contributed by atoms with Crippen LogP contribution in [0.1, 0.15) is 16.9 Å². The van der Waals surface area contributed by atoms with Gasteiger partial charge in [0.25, 0.3) is 0 Å². The quantitative estimate of drug-likeness (QED) is 0.429. The van der Waals surface area contributed by atoms with E-state index in [0.29, 0.717) is 23.9 Å². The van der Waals surface area contributed by atoms with Crippen molar-refractivity contribution in [3.63, 3.8) is 0 Å². The van der Waals surface area contributed by atoms with Gasteiger partial charge in [0.2, 0.25) is 5.91 Å². The standard InChI is InChI=1S/C22H20N4O3S/c1-28-18-8-6-16(7-9-18)12-20-21(27)26(15-19-5-3-11-29-19)22(30-20)25-24-14-17-4-2-10-23-13-17/h2-11,13-14,20H,12,15H2,1H3/b24-14-,25-22-/t20-/m0/s1. The minimum atomic E-state index is -0.277. The molecule has 0 bridgehead atoms. The predicted octanol–water partition coefficient (Wildman–Crippen LogP) is 3.76. The second-order valence-corrected chi connectivity index (χ2v) is 7.75. The number of thioether (sulfide) groups is 1. The van der Waals surface area contributed by atoms with Crippen LogP contribution in [0.25, 0.3) is 0 Å². The highest BCUT2D eigenvalue weighted by Crippen LogP contribution is 2.31. The summed E-state index contributed by atoms with van der Waals surface area (Å²) in [6, 6.07) is 15.1. The Morgan fingerprint density at radius 2 is 2.10 bits per heavy atom. The van der Waals surface area contributed by atoms with Gasteiger partial charge in [-0.2, -0.15) is 5.10 Å². The van der Waals surface area contributed by atoms with Gasteiger partial charge in [-0.1, -0.05) is 30.0 Å². The summed E-state index contributed by atoms with van der Waals surface area (Å²) < 4.78 is 10.6. The van der Waals surface area contributed by atoms with Gasteiger partial charge < -0.3 is 9.15 Å². The van der Waals surface area contributed by atoms with Gasteiger partial charge in [0.1, 0.15) is 11.5 Å². The van der Waals surface area contributed by atoms with Crippen LogP contribution in [-0.2, 0) is 17.8 Å². The van der Waals surface area contributed by atoms with Crippen LogP contribution < -0.4 is 4.74 Å². The normalized spacial score (nSPS) is 17.9. The molecule has 4 rings (SSSR count). The highest BCUT2D eigenvalue weighted by Gasteiger charge is 2.38. The maximum Gasteiger partial charge on any atom is 0.242 e. The summed E-state index contributed by atoms with van der Waals surface area (Å²) in [7, 11) is 1.63. The summed E-state index contributed by atoms with van der Waals surface area (Å²) in [5.74, 6) is 1.47. The number of pyridine rings is 1. The number of hydrogen-bond acceptors (Lipinski definition) is 7. The minimum Gasteiger partial charge on any atom is -0.497 e. The molecule has 3 heterocycles. The first kappa shape index (κ1) is 19.9. The van der Waals surface area contributed by atoms with Crippen molar-refractivity contribution in [2.75, 3.05) is 7.11 Å². The molecule has 0 aliphatic carbocycles. The number of ether oxygens (including phenoxy) is 1. The smallest absolute Gasteiger partial charge is 0.242 e. The average Bonchev–Trinajstić information content (AvgIpc) is 3.39. The van der Waals surface area contributed by atoms with E-state index in [2.05, 4.69) is 15.2 Å². The lowest BCUT2D eigenvalue weighted by Crippen LogP contribution is -2.32. The van der Waals surface area contributed by atoms with Gasteiger partial charge in [0.05, 0.1) is 31.4 Å². The molecule has 3 aromatic rings. The van der Waals surface area contributed by atoms with Gasteiger partial charge in [-0.25, -0.2) is 0 Å². The van der Waals surface area contributed by atoms with Gasteiger partial charge in [-0.05, 0) is 42.3 Å². The second kappa shape index (κ2) is 9.41. The van der Waals surface area contributed by atoms with E-state index in [-0.39, 0.29) is 11.2 Å². The molecule has 152 valence electrons. The number of amidine groups is 1. The van der Waals surface area contributed by atoms with Gasteiger partial charge in [-0.15, -0.1) is 5.10 Å². The van der Waals surface area contributed by atoms with E-state index in [9.17, 15) is 4.79 Å². The van der Waals surface area contributed by atoms with Gasteiger partial charge in [-0.3, -0.25) is 14.7 Å². The molecule has 30 heavy (non-hydrogen) atoms. The van der Waals surface area contributed by atoms with E-state index < -0.39 is 0 Å². The Morgan fingerprint density at radius 3 is 2.80 bits per heavy atom. The first-order chi connectivity index (χ1) is 14.7. The highest BCUT2D eigenvalue weighted by molar-refractivity contribution is 8.15. The molecule has 1 aromatic carbocycles. The Bertz CT molecular complexity index is 1030. The molecule has 2 aromatic heterocycles. The second-order valence-electron chi connectivity index (χ2n) is 6.58. The molecule has 0 saturated carbocycles. The number of benzene rings is 1. The topological polar surface area (TPSA) is 80.3 Å². The molecule has 1 aliphatic heterocycles. The van der Waals surface area contributed by atoms with Crippen LogP contribution in [0.15, 0.2) is 81.8 Å². The largest absolute Gasteiger partial charge is 0.497 e. The zero-order chi connectivity index (χ0) is 20.8. The van der Waals surface area contributed by atoms with Crippen molar-refractivity contribution < 1.29 is 13.9 Å². The molecule has 0 radical (unpaired) electrons. The van der Waals surface area contributed by atoms with E-state index in [0.717, 1.165) is 16.9 Å². The number of nitrogens with zero attached hydrogens (tertiary/aromatic N) is 4. The molecule has 7 nitrogen and oxygen atoms in total. The van der Waals surface area contributed by atoms with E-state index in [4.69, 9.17) is 9.15 Å². The molecule has 0 spiro atoms. The van der Waals surface area contributed by atoms with Crippen LogP contribution >= 0.6 is 11.8 Å². The molecular formula is C22H20N4O3S. The van der Waals surface area contributed by atoms with Crippen molar-refractivity contribution in [1.82, 2.24) is 9.88 Å². The van der Waals surface area contributed by atoms with Crippen LogP contribution in [0.4, 0.5) is 0 Å². The predicted molar refractivity (Wildman–Crippen MR) is 117 cm³/mol. The Labute approximate surface area is 178 Å². The minimum absolute atomic E-state index is 0.0115. The molecule has 1 amide bonds. The average molecular weight is 420 g/mol. The summed E-state index contributed by atoms with van der Waals surface area (Å²) in [5.41, 5.74) is 1.89. The number of carbonyl (C=O) groups excluding carboxylic acids is 1. The van der Waals surface area contributed by atoms with Gasteiger partial charge >= 0.3 is 0 Å². The molecule has 1 saturated heterocycles. The van der Waals surface area contributed by atoms with Crippen LogP contribution in [-0.4, -0.2) is 39.5 Å². The SMILES string of the molecule is COc1ccc(C[C@@H]2S/C(=N\N=C/c3cccnc3)N(Cc3ccco3)C2=O)cc1. The monoisotopic (exact) mass is 420 g/mol. The number of amides is 1. The lowest BCUT2D eigenvalue weighted by molar-refractivity contribution is -0.126.